The first-order chi connectivity index (χ1) is 8.58. The molecule has 2 rings (SSSR count). The van der Waals surface area contributed by atoms with Gasteiger partial charge in [0.1, 0.15) is 0 Å². The fourth-order valence-corrected chi connectivity index (χ4v) is 2.19. The van der Waals surface area contributed by atoms with E-state index in [2.05, 4.69) is 4.98 Å². The Morgan fingerprint density at radius 2 is 2.06 bits per heavy atom. The summed E-state index contributed by atoms with van der Waals surface area (Å²) in [5, 5.41) is 9.58. The highest BCUT2D eigenvalue weighted by atomic mass is 32.2. The average molecular weight is 267 g/mol. The standard InChI is InChI=1S/C11H11NO3S.C2H6/c1-16(15)8-2-3-10-9(5-8)7(6-12-10)4-11(13)14;1-2/h2-3,5-6,12H,4H2,1H3,(H,13,14);1-2H3. The van der Waals surface area contributed by atoms with Gasteiger partial charge in [0.25, 0.3) is 0 Å². The second-order valence-electron chi connectivity index (χ2n) is 3.55. The molecule has 2 N–H and O–H groups in total. The molecule has 2 aromatic rings. The number of carbonyl (C=O) groups is 1. The van der Waals surface area contributed by atoms with Crippen LogP contribution in [0.3, 0.4) is 0 Å². The van der Waals surface area contributed by atoms with Gasteiger partial charge < -0.3 is 10.1 Å². The average Bonchev–Trinajstić information content (AvgIpc) is 2.73. The fourth-order valence-electron chi connectivity index (χ4n) is 1.65. The molecule has 1 aromatic carbocycles. The van der Waals surface area contributed by atoms with Gasteiger partial charge in [0, 0.05) is 39.1 Å². The molecule has 0 saturated heterocycles. The SMILES string of the molecule is CC.CS(=O)c1ccc2[nH]cc(CC(=O)O)c2c1. The van der Waals surface area contributed by atoms with Crippen molar-refractivity contribution in [3.8, 4) is 0 Å². The van der Waals surface area contributed by atoms with Gasteiger partial charge in [-0.1, -0.05) is 13.8 Å². The summed E-state index contributed by atoms with van der Waals surface area (Å²) in [6.07, 6.45) is 3.26. The van der Waals surface area contributed by atoms with Crippen LogP contribution in [0.1, 0.15) is 19.4 Å². The lowest BCUT2D eigenvalue weighted by Gasteiger charge is -1.98. The van der Waals surface area contributed by atoms with Crippen LogP contribution in [-0.2, 0) is 22.0 Å². The minimum Gasteiger partial charge on any atom is -0.481 e. The minimum atomic E-state index is -1.05. The molecule has 4 nitrogen and oxygen atoms in total. The molecule has 5 heteroatoms. The topological polar surface area (TPSA) is 70.2 Å². The van der Waals surface area contributed by atoms with Gasteiger partial charge in [-0.25, -0.2) is 0 Å². The third-order valence-corrected chi connectivity index (χ3v) is 3.33. The Morgan fingerprint density at radius 3 is 2.61 bits per heavy atom. The second kappa shape index (κ2) is 6.35. The van der Waals surface area contributed by atoms with Crippen molar-refractivity contribution in [3.63, 3.8) is 0 Å². The summed E-state index contributed by atoms with van der Waals surface area (Å²) in [6, 6.07) is 5.37. The highest BCUT2D eigenvalue weighted by Crippen LogP contribution is 2.21. The molecule has 0 fully saturated rings. The Labute approximate surface area is 108 Å². The van der Waals surface area contributed by atoms with Gasteiger partial charge in [-0.3, -0.25) is 9.00 Å². The van der Waals surface area contributed by atoms with E-state index in [0.29, 0.717) is 4.90 Å². The molecule has 1 unspecified atom stereocenters. The molecule has 98 valence electrons. The van der Waals surface area contributed by atoms with Gasteiger partial charge in [-0.05, 0) is 23.8 Å². The molecule has 0 spiro atoms. The number of aromatic nitrogens is 1. The van der Waals surface area contributed by atoms with Crippen molar-refractivity contribution in [1.82, 2.24) is 4.98 Å². The van der Waals surface area contributed by atoms with Crippen molar-refractivity contribution < 1.29 is 14.1 Å². The van der Waals surface area contributed by atoms with E-state index >= 15 is 0 Å². The number of carboxylic acid groups (broad SMARTS) is 1. The summed E-state index contributed by atoms with van der Waals surface area (Å²) in [5.74, 6) is -0.871. The quantitative estimate of drug-likeness (QED) is 0.898. The Morgan fingerprint density at radius 1 is 1.39 bits per heavy atom. The molecule has 0 aliphatic rings. The van der Waals surface area contributed by atoms with Crippen LogP contribution in [0.2, 0.25) is 0 Å². The monoisotopic (exact) mass is 267 g/mol. The predicted molar refractivity (Wildman–Crippen MR) is 73.3 cm³/mol. The van der Waals surface area contributed by atoms with Crippen LogP contribution < -0.4 is 0 Å². The first kappa shape index (κ1) is 14.4. The molecule has 0 saturated carbocycles. The van der Waals surface area contributed by atoms with Crippen LogP contribution in [0.15, 0.2) is 29.3 Å². The lowest BCUT2D eigenvalue weighted by Crippen LogP contribution is -1.99. The third-order valence-electron chi connectivity index (χ3n) is 2.41. The molecule has 0 radical (unpaired) electrons. The van der Waals surface area contributed by atoms with E-state index in [4.69, 9.17) is 5.11 Å². The van der Waals surface area contributed by atoms with Crippen LogP contribution >= 0.6 is 0 Å². The van der Waals surface area contributed by atoms with Gasteiger partial charge in [0.2, 0.25) is 0 Å². The minimum absolute atomic E-state index is 0.0280. The van der Waals surface area contributed by atoms with Crippen molar-refractivity contribution in [1.29, 1.82) is 0 Å². The highest BCUT2D eigenvalue weighted by Gasteiger charge is 2.09. The molecular formula is C13H17NO3S. The molecule has 0 amide bonds. The predicted octanol–water partition coefficient (Wildman–Crippen LogP) is 2.56. The normalized spacial score (nSPS) is 11.7. The Balaban J connectivity index is 0.000000771. The van der Waals surface area contributed by atoms with Crippen LogP contribution in [-0.4, -0.2) is 26.5 Å². The maximum absolute atomic E-state index is 11.3. The van der Waals surface area contributed by atoms with Crippen LogP contribution in [0, 0.1) is 0 Å². The number of aliphatic carboxylic acids is 1. The number of hydrogen-bond donors (Lipinski definition) is 2. The van der Waals surface area contributed by atoms with Crippen molar-refractivity contribution in [3.05, 3.63) is 30.0 Å². The molecule has 1 aromatic heterocycles. The van der Waals surface area contributed by atoms with Gasteiger partial charge in [-0.15, -0.1) is 0 Å². The maximum Gasteiger partial charge on any atom is 0.307 e. The Bertz CT molecular complexity index is 575. The molecule has 1 atom stereocenters. The first-order valence-electron chi connectivity index (χ1n) is 5.73. The van der Waals surface area contributed by atoms with Crippen LogP contribution in [0.25, 0.3) is 10.9 Å². The zero-order valence-corrected chi connectivity index (χ0v) is 11.5. The van der Waals surface area contributed by atoms with E-state index in [1.807, 2.05) is 19.9 Å². The maximum atomic E-state index is 11.3. The van der Waals surface area contributed by atoms with Gasteiger partial charge in [-0.2, -0.15) is 0 Å². The molecule has 1 heterocycles. The number of fused-ring (bicyclic) bond motifs is 1. The van der Waals surface area contributed by atoms with Crippen molar-refractivity contribution in [2.45, 2.75) is 25.2 Å². The number of benzene rings is 1. The van der Waals surface area contributed by atoms with Gasteiger partial charge in [0.15, 0.2) is 0 Å². The molecule has 0 aliphatic carbocycles. The summed E-state index contributed by atoms with van der Waals surface area (Å²) < 4.78 is 11.3. The molecule has 0 bridgehead atoms. The molecule has 0 aliphatic heterocycles. The van der Waals surface area contributed by atoms with Crippen molar-refractivity contribution in [2.24, 2.45) is 0 Å². The van der Waals surface area contributed by atoms with E-state index < -0.39 is 16.8 Å². The molecule has 18 heavy (non-hydrogen) atoms. The van der Waals surface area contributed by atoms with Gasteiger partial charge >= 0.3 is 5.97 Å². The van der Waals surface area contributed by atoms with E-state index in [0.717, 1.165) is 16.5 Å². The number of nitrogens with one attached hydrogen (secondary N) is 1. The largest absolute Gasteiger partial charge is 0.481 e. The molecular weight excluding hydrogens is 250 g/mol. The van der Waals surface area contributed by atoms with Crippen molar-refractivity contribution >= 4 is 27.7 Å². The lowest BCUT2D eigenvalue weighted by molar-refractivity contribution is -0.136. The summed E-state index contributed by atoms with van der Waals surface area (Å²) in [5.41, 5.74) is 1.58. The summed E-state index contributed by atoms with van der Waals surface area (Å²) in [7, 11) is -1.05. The highest BCUT2D eigenvalue weighted by molar-refractivity contribution is 7.84. The third kappa shape index (κ3) is 3.20. The number of aromatic amines is 1. The van der Waals surface area contributed by atoms with E-state index in [1.54, 1.807) is 24.6 Å². The van der Waals surface area contributed by atoms with E-state index in [9.17, 15) is 9.00 Å². The number of hydrogen-bond acceptors (Lipinski definition) is 2. The summed E-state index contributed by atoms with van der Waals surface area (Å²) >= 11 is 0. The second-order valence-corrected chi connectivity index (χ2v) is 4.93. The number of H-pyrrole nitrogens is 1. The number of rotatable bonds is 3. The van der Waals surface area contributed by atoms with Crippen LogP contribution in [0.5, 0.6) is 0 Å². The van der Waals surface area contributed by atoms with E-state index in [1.165, 1.54) is 0 Å². The summed E-state index contributed by atoms with van der Waals surface area (Å²) in [4.78, 5) is 14.4. The van der Waals surface area contributed by atoms with Gasteiger partial charge in [0.05, 0.1) is 6.42 Å². The fraction of sp³-hybridized carbons (Fsp3) is 0.308. The lowest BCUT2D eigenvalue weighted by atomic mass is 10.1. The zero-order valence-electron chi connectivity index (χ0n) is 10.7. The van der Waals surface area contributed by atoms with Crippen LogP contribution in [0.4, 0.5) is 0 Å². The van der Waals surface area contributed by atoms with E-state index in [-0.39, 0.29) is 6.42 Å². The van der Waals surface area contributed by atoms with Crippen molar-refractivity contribution in [2.75, 3.05) is 6.26 Å². The Hall–Kier alpha value is -1.62. The number of carboxylic acids is 1. The first-order valence-corrected chi connectivity index (χ1v) is 7.29. The smallest absolute Gasteiger partial charge is 0.307 e. The Kier molecular flexibility index (Phi) is 5.09. The summed E-state index contributed by atoms with van der Waals surface area (Å²) in [6.45, 7) is 4.00. The zero-order chi connectivity index (χ0) is 13.7.